The lowest BCUT2D eigenvalue weighted by Gasteiger charge is -2.08. The standard InChI is InChI=1S/C15H13N3O2S/c1-9-17-12-6-5-10(8-13(12)21-9)18-14(19)11-4-3-7-16-15(11)20-2/h3-8H,1-2H3,(H,18,19). The van der Waals surface area contributed by atoms with Crippen LogP contribution in [0, 0.1) is 6.92 Å². The van der Waals surface area contributed by atoms with E-state index in [4.69, 9.17) is 4.74 Å². The number of nitrogens with one attached hydrogen (secondary N) is 1. The normalized spacial score (nSPS) is 10.6. The molecule has 0 saturated heterocycles. The third kappa shape index (κ3) is 2.71. The molecule has 0 aliphatic rings. The summed E-state index contributed by atoms with van der Waals surface area (Å²) in [4.78, 5) is 20.7. The quantitative estimate of drug-likeness (QED) is 0.806. The Hall–Kier alpha value is -2.47. The maximum Gasteiger partial charge on any atom is 0.261 e. The van der Waals surface area contributed by atoms with E-state index in [1.807, 2.05) is 25.1 Å². The summed E-state index contributed by atoms with van der Waals surface area (Å²) >= 11 is 1.60. The van der Waals surface area contributed by atoms with Gasteiger partial charge in [0.25, 0.3) is 5.91 Å². The van der Waals surface area contributed by atoms with Crippen molar-refractivity contribution in [3.8, 4) is 5.88 Å². The van der Waals surface area contributed by atoms with Crippen LogP contribution in [0.1, 0.15) is 15.4 Å². The zero-order valence-corrected chi connectivity index (χ0v) is 12.4. The Morgan fingerprint density at radius 1 is 1.33 bits per heavy atom. The molecule has 0 aliphatic carbocycles. The predicted molar refractivity (Wildman–Crippen MR) is 83.1 cm³/mol. The zero-order valence-electron chi connectivity index (χ0n) is 11.6. The minimum Gasteiger partial charge on any atom is -0.480 e. The Morgan fingerprint density at radius 3 is 3.00 bits per heavy atom. The number of benzene rings is 1. The van der Waals surface area contributed by atoms with E-state index < -0.39 is 0 Å². The minimum atomic E-state index is -0.250. The first kappa shape index (κ1) is 13.5. The molecule has 3 aromatic rings. The highest BCUT2D eigenvalue weighted by molar-refractivity contribution is 7.18. The molecule has 0 saturated carbocycles. The number of carbonyl (C=O) groups excluding carboxylic acids is 1. The van der Waals surface area contributed by atoms with Crippen LogP contribution in [0.25, 0.3) is 10.2 Å². The number of amides is 1. The molecule has 0 radical (unpaired) electrons. The molecule has 0 aliphatic heterocycles. The number of fused-ring (bicyclic) bond motifs is 1. The highest BCUT2D eigenvalue weighted by Gasteiger charge is 2.13. The van der Waals surface area contributed by atoms with Crippen molar-refractivity contribution in [2.45, 2.75) is 6.92 Å². The molecule has 5 nitrogen and oxygen atoms in total. The number of carbonyl (C=O) groups is 1. The van der Waals surface area contributed by atoms with Gasteiger partial charge in [0.05, 0.1) is 22.3 Å². The number of aromatic nitrogens is 2. The number of pyridine rings is 1. The Bertz CT molecular complexity index is 814. The Labute approximate surface area is 125 Å². The SMILES string of the molecule is COc1ncccc1C(=O)Nc1ccc2nc(C)sc2c1. The van der Waals surface area contributed by atoms with Gasteiger partial charge >= 0.3 is 0 Å². The average Bonchev–Trinajstić information content (AvgIpc) is 2.86. The summed E-state index contributed by atoms with van der Waals surface area (Å²) < 4.78 is 6.14. The van der Waals surface area contributed by atoms with Crippen LogP contribution in [0.2, 0.25) is 0 Å². The maximum atomic E-state index is 12.3. The molecule has 21 heavy (non-hydrogen) atoms. The van der Waals surface area contributed by atoms with Gasteiger partial charge in [-0.15, -0.1) is 11.3 Å². The Kier molecular flexibility index (Phi) is 3.53. The molecule has 1 N–H and O–H groups in total. The van der Waals surface area contributed by atoms with E-state index in [2.05, 4.69) is 15.3 Å². The summed E-state index contributed by atoms with van der Waals surface area (Å²) in [5.41, 5.74) is 2.07. The second kappa shape index (κ2) is 5.49. The first-order valence-corrected chi connectivity index (χ1v) is 7.16. The highest BCUT2D eigenvalue weighted by Crippen LogP contribution is 2.25. The van der Waals surface area contributed by atoms with Gasteiger partial charge in [-0.25, -0.2) is 9.97 Å². The molecule has 1 aromatic carbocycles. The minimum absolute atomic E-state index is 0.250. The van der Waals surface area contributed by atoms with Crippen LogP contribution in [0.15, 0.2) is 36.5 Å². The highest BCUT2D eigenvalue weighted by atomic mass is 32.1. The molecule has 3 rings (SSSR count). The molecule has 106 valence electrons. The number of thiazole rings is 1. The van der Waals surface area contributed by atoms with Gasteiger partial charge in [-0.3, -0.25) is 4.79 Å². The Balaban J connectivity index is 1.88. The topological polar surface area (TPSA) is 64.1 Å². The molecule has 0 unspecified atom stereocenters. The zero-order chi connectivity index (χ0) is 14.8. The third-order valence-corrected chi connectivity index (χ3v) is 3.90. The van der Waals surface area contributed by atoms with E-state index in [0.717, 1.165) is 20.9 Å². The monoisotopic (exact) mass is 299 g/mol. The molecule has 6 heteroatoms. The third-order valence-electron chi connectivity index (χ3n) is 2.96. The summed E-state index contributed by atoms with van der Waals surface area (Å²) in [5, 5.41) is 3.86. The Morgan fingerprint density at radius 2 is 2.19 bits per heavy atom. The second-order valence-electron chi connectivity index (χ2n) is 4.43. The summed E-state index contributed by atoms with van der Waals surface area (Å²) in [7, 11) is 1.49. The molecule has 2 heterocycles. The number of ether oxygens (including phenoxy) is 1. The van der Waals surface area contributed by atoms with Crippen LogP contribution in [-0.4, -0.2) is 23.0 Å². The van der Waals surface area contributed by atoms with Crippen molar-refractivity contribution in [3.05, 3.63) is 47.1 Å². The fourth-order valence-electron chi connectivity index (χ4n) is 2.04. The molecule has 0 spiro atoms. The molecular weight excluding hydrogens is 286 g/mol. The van der Waals surface area contributed by atoms with E-state index in [1.165, 1.54) is 7.11 Å². The fraction of sp³-hybridized carbons (Fsp3) is 0.133. The van der Waals surface area contributed by atoms with Gasteiger partial charge in [0.2, 0.25) is 5.88 Å². The van der Waals surface area contributed by atoms with Crippen LogP contribution < -0.4 is 10.1 Å². The predicted octanol–water partition coefficient (Wildman–Crippen LogP) is 3.26. The van der Waals surface area contributed by atoms with Crippen molar-refractivity contribution in [1.82, 2.24) is 9.97 Å². The van der Waals surface area contributed by atoms with Gasteiger partial charge in [0, 0.05) is 11.9 Å². The first-order chi connectivity index (χ1) is 10.2. The number of nitrogens with zero attached hydrogens (tertiary/aromatic N) is 2. The van der Waals surface area contributed by atoms with Gasteiger partial charge in [-0.1, -0.05) is 0 Å². The molecule has 0 fully saturated rings. The van der Waals surface area contributed by atoms with E-state index in [-0.39, 0.29) is 5.91 Å². The van der Waals surface area contributed by atoms with E-state index in [1.54, 1.807) is 29.7 Å². The van der Waals surface area contributed by atoms with Gasteiger partial charge in [0.15, 0.2) is 0 Å². The summed E-state index contributed by atoms with van der Waals surface area (Å²) in [6.45, 7) is 1.96. The number of hydrogen-bond acceptors (Lipinski definition) is 5. The van der Waals surface area contributed by atoms with Crippen LogP contribution >= 0.6 is 11.3 Å². The first-order valence-electron chi connectivity index (χ1n) is 6.35. The smallest absolute Gasteiger partial charge is 0.261 e. The van der Waals surface area contributed by atoms with Gasteiger partial charge in [-0.2, -0.15) is 0 Å². The number of aryl methyl sites for hydroxylation is 1. The van der Waals surface area contributed by atoms with E-state index in [0.29, 0.717) is 11.4 Å². The van der Waals surface area contributed by atoms with Crippen molar-refractivity contribution in [1.29, 1.82) is 0 Å². The largest absolute Gasteiger partial charge is 0.480 e. The summed E-state index contributed by atoms with van der Waals surface area (Å²) in [6, 6.07) is 9.03. The lowest BCUT2D eigenvalue weighted by Crippen LogP contribution is -2.13. The maximum absolute atomic E-state index is 12.3. The fourth-order valence-corrected chi connectivity index (χ4v) is 2.91. The van der Waals surface area contributed by atoms with Crippen LogP contribution in [0.3, 0.4) is 0 Å². The summed E-state index contributed by atoms with van der Waals surface area (Å²) in [5.74, 6) is 0.0604. The van der Waals surface area contributed by atoms with Gasteiger partial charge < -0.3 is 10.1 Å². The van der Waals surface area contributed by atoms with Gasteiger partial charge in [-0.05, 0) is 37.3 Å². The van der Waals surface area contributed by atoms with Crippen molar-refractivity contribution in [3.63, 3.8) is 0 Å². The number of rotatable bonds is 3. The lowest BCUT2D eigenvalue weighted by molar-refractivity contribution is 0.102. The number of methoxy groups -OCH3 is 1. The van der Waals surface area contributed by atoms with Crippen LogP contribution in [-0.2, 0) is 0 Å². The van der Waals surface area contributed by atoms with Crippen LogP contribution in [0.4, 0.5) is 5.69 Å². The van der Waals surface area contributed by atoms with E-state index >= 15 is 0 Å². The van der Waals surface area contributed by atoms with Crippen molar-refractivity contribution >= 4 is 33.1 Å². The van der Waals surface area contributed by atoms with Crippen molar-refractivity contribution < 1.29 is 9.53 Å². The van der Waals surface area contributed by atoms with Gasteiger partial charge in [0.1, 0.15) is 5.56 Å². The second-order valence-corrected chi connectivity index (χ2v) is 5.66. The molecular formula is C15H13N3O2S. The summed E-state index contributed by atoms with van der Waals surface area (Å²) in [6.07, 6.45) is 1.59. The lowest BCUT2D eigenvalue weighted by atomic mass is 10.2. The molecule has 0 atom stereocenters. The molecule has 2 aromatic heterocycles. The average molecular weight is 299 g/mol. The van der Waals surface area contributed by atoms with Crippen molar-refractivity contribution in [2.24, 2.45) is 0 Å². The van der Waals surface area contributed by atoms with Crippen LogP contribution in [0.5, 0.6) is 5.88 Å². The molecule has 0 bridgehead atoms. The number of hydrogen-bond donors (Lipinski definition) is 1. The molecule has 1 amide bonds. The van der Waals surface area contributed by atoms with Crippen molar-refractivity contribution in [2.75, 3.05) is 12.4 Å². The number of anilines is 1. The van der Waals surface area contributed by atoms with E-state index in [9.17, 15) is 4.79 Å².